The molecule has 2 amide bonds. The minimum Gasteiger partial charge on any atom is -0.497 e. The number of sulfonamides is 1. The number of carbonyl (C=O) groups is 2. The lowest BCUT2D eigenvalue weighted by Crippen LogP contribution is -2.52. The highest BCUT2D eigenvalue weighted by Gasteiger charge is 2.33. The van der Waals surface area contributed by atoms with Crippen molar-refractivity contribution in [1.29, 1.82) is 0 Å². The molecule has 0 bridgehead atoms. The third kappa shape index (κ3) is 7.85. The average molecular weight is 566 g/mol. The van der Waals surface area contributed by atoms with E-state index in [4.69, 9.17) is 4.74 Å². The fraction of sp³-hybridized carbons (Fsp3) is 0.355. The van der Waals surface area contributed by atoms with Gasteiger partial charge in [0.1, 0.15) is 18.3 Å². The highest BCUT2D eigenvalue weighted by atomic mass is 32.2. The molecule has 0 aliphatic rings. The summed E-state index contributed by atoms with van der Waals surface area (Å²) in [5.41, 5.74) is 2.22. The van der Waals surface area contributed by atoms with Gasteiger partial charge in [0.25, 0.3) is 10.0 Å². The van der Waals surface area contributed by atoms with Gasteiger partial charge < -0.3 is 15.0 Å². The van der Waals surface area contributed by atoms with Gasteiger partial charge in [-0.1, -0.05) is 68.8 Å². The molecule has 3 rings (SSSR count). The van der Waals surface area contributed by atoms with E-state index in [9.17, 15) is 18.0 Å². The van der Waals surface area contributed by atoms with Gasteiger partial charge in [0.05, 0.1) is 17.7 Å². The van der Waals surface area contributed by atoms with Gasteiger partial charge in [-0.3, -0.25) is 13.9 Å². The van der Waals surface area contributed by atoms with E-state index in [1.54, 1.807) is 42.5 Å². The molecule has 0 aliphatic heterocycles. The zero-order valence-electron chi connectivity index (χ0n) is 23.8. The maximum atomic E-state index is 14.1. The van der Waals surface area contributed by atoms with Crippen LogP contribution < -0.4 is 14.4 Å². The number of rotatable bonds is 13. The normalized spacial score (nSPS) is 12.1. The van der Waals surface area contributed by atoms with Crippen LogP contribution in [0.1, 0.15) is 38.3 Å². The number of nitrogens with one attached hydrogen (secondary N) is 1. The Morgan fingerprint density at radius 2 is 1.62 bits per heavy atom. The van der Waals surface area contributed by atoms with Crippen LogP contribution in [-0.4, -0.2) is 51.4 Å². The molecule has 1 N–H and O–H groups in total. The number of nitrogens with zero attached hydrogens (tertiary/aromatic N) is 2. The van der Waals surface area contributed by atoms with Crippen LogP contribution >= 0.6 is 0 Å². The molecule has 0 saturated heterocycles. The first-order valence-electron chi connectivity index (χ1n) is 13.4. The molecule has 0 saturated carbocycles. The van der Waals surface area contributed by atoms with Crippen LogP contribution in [0.15, 0.2) is 83.8 Å². The lowest BCUT2D eigenvalue weighted by molar-refractivity contribution is -0.140. The number of methoxy groups -OCH3 is 1. The van der Waals surface area contributed by atoms with Gasteiger partial charge in [-0.2, -0.15) is 0 Å². The molecule has 8 nitrogen and oxygen atoms in total. The molecule has 3 aromatic carbocycles. The molecule has 0 fully saturated rings. The second kappa shape index (κ2) is 14.0. The maximum absolute atomic E-state index is 14.1. The SMILES string of the molecule is CC[C@@H](C(=O)NCC(C)C)N(Cc1cccc(C)c1)C(=O)CN(c1ccccc1)S(=O)(=O)c1ccc(OC)cc1. The predicted octanol–water partition coefficient (Wildman–Crippen LogP) is 4.78. The van der Waals surface area contributed by atoms with Gasteiger partial charge in [-0.05, 0) is 61.2 Å². The Hall–Kier alpha value is -3.85. The van der Waals surface area contributed by atoms with Gasteiger partial charge in [-0.15, -0.1) is 0 Å². The first kappa shape index (κ1) is 30.7. The summed E-state index contributed by atoms with van der Waals surface area (Å²) in [4.78, 5) is 28.8. The van der Waals surface area contributed by atoms with E-state index in [1.165, 1.54) is 24.1 Å². The van der Waals surface area contributed by atoms with Crippen LogP contribution in [-0.2, 0) is 26.2 Å². The van der Waals surface area contributed by atoms with Crippen molar-refractivity contribution in [2.75, 3.05) is 24.5 Å². The smallest absolute Gasteiger partial charge is 0.264 e. The molecule has 0 spiro atoms. The van der Waals surface area contributed by atoms with E-state index in [1.807, 2.05) is 52.0 Å². The molecule has 0 radical (unpaired) electrons. The first-order chi connectivity index (χ1) is 19.1. The Kier molecular flexibility index (Phi) is 10.7. The number of ether oxygens (including phenoxy) is 1. The van der Waals surface area contributed by atoms with Crippen LogP contribution in [0.25, 0.3) is 0 Å². The summed E-state index contributed by atoms with van der Waals surface area (Å²) in [5.74, 6) is 0.0184. The predicted molar refractivity (Wildman–Crippen MR) is 158 cm³/mol. The number of anilines is 1. The fourth-order valence-corrected chi connectivity index (χ4v) is 5.76. The summed E-state index contributed by atoms with van der Waals surface area (Å²) in [6, 6.07) is 21.5. The number of hydrogen-bond donors (Lipinski definition) is 1. The standard InChI is InChI=1S/C31H39N3O5S/c1-6-29(31(36)32-20-23(2)3)33(21-25-12-10-11-24(4)19-25)30(35)22-34(26-13-8-7-9-14-26)40(37,38)28-17-15-27(39-5)16-18-28/h7-19,23,29H,6,20-22H2,1-5H3,(H,32,36)/t29-/m0/s1. The molecular weight excluding hydrogens is 526 g/mol. The monoisotopic (exact) mass is 565 g/mol. The Labute approximate surface area is 238 Å². The van der Waals surface area contributed by atoms with E-state index in [0.717, 1.165) is 15.4 Å². The fourth-order valence-electron chi connectivity index (χ4n) is 4.35. The number of hydrogen-bond acceptors (Lipinski definition) is 5. The largest absolute Gasteiger partial charge is 0.497 e. The molecule has 9 heteroatoms. The molecule has 3 aromatic rings. The van der Waals surface area contributed by atoms with E-state index in [0.29, 0.717) is 24.4 Å². The van der Waals surface area contributed by atoms with Crippen LogP contribution in [0, 0.1) is 12.8 Å². The maximum Gasteiger partial charge on any atom is 0.264 e. The van der Waals surface area contributed by atoms with Crippen molar-refractivity contribution in [3.05, 3.63) is 90.0 Å². The van der Waals surface area contributed by atoms with Gasteiger partial charge >= 0.3 is 0 Å². The van der Waals surface area contributed by atoms with Crippen molar-refractivity contribution in [2.24, 2.45) is 5.92 Å². The lowest BCUT2D eigenvalue weighted by atomic mass is 10.1. The van der Waals surface area contributed by atoms with E-state index in [-0.39, 0.29) is 23.3 Å². The number of para-hydroxylation sites is 1. The average Bonchev–Trinajstić information content (AvgIpc) is 2.95. The molecular formula is C31H39N3O5S. The summed E-state index contributed by atoms with van der Waals surface area (Å²) in [6.45, 7) is 7.97. The van der Waals surface area contributed by atoms with Gasteiger partial charge in [-0.25, -0.2) is 8.42 Å². The van der Waals surface area contributed by atoms with Crippen molar-refractivity contribution in [3.8, 4) is 5.75 Å². The third-order valence-corrected chi connectivity index (χ3v) is 8.26. The molecule has 0 unspecified atom stereocenters. The quantitative estimate of drug-likeness (QED) is 0.322. The first-order valence-corrected chi connectivity index (χ1v) is 14.8. The van der Waals surface area contributed by atoms with Crippen molar-refractivity contribution in [1.82, 2.24) is 10.2 Å². The topological polar surface area (TPSA) is 96.0 Å². The molecule has 40 heavy (non-hydrogen) atoms. The third-order valence-electron chi connectivity index (χ3n) is 6.48. The van der Waals surface area contributed by atoms with Crippen LogP contribution in [0.2, 0.25) is 0 Å². The van der Waals surface area contributed by atoms with Gasteiger partial charge in [0.2, 0.25) is 11.8 Å². The van der Waals surface area contributed by atoms with Crippen molar-refractivity contribution >= 4 is 27.5 Å². The number of benzene rings is 3. The zero-order chi connectivity index (χ0) is 29.3. The highest BCUT2D eigenvalue weighted by molar-refractivity contribution is 7.92. The van der Waals surface area contributed by atoms with Crippen LogP contribution in [0.5, 0.6) is 5.75 Å². The van der Waals surface area contributed by atoms with E-state index < -0.39 is 28.5 Å². The molecule has 1 atom stereocenters. The van der Waals surface area contributed by atoms with E-state index >= 15 is 0 Å². The lowest BCUT2D eigenvalue weighted by Gasteiger charge is -2.33. The summed E-state index contributed by atoms with van der Waals surface area (Å²) >= 11 is 0. The van der Waals surface area contributed by atoms with Crippen LogP contribution in [0.3, 0.4) is 0 Å². The van der Waals surface area contributed by atoms with Crippen molar-refractivity contribution in [3.63, 3.8) is 0 Å². The highest BCUT2D eigenvalue weighted by Crippen LogP contribution is 2.26. The molecule has 0 heterocycles. The number of amides is 2. The Bertz CT molecular complexity index is 1380. The van der Waals surface area contributed by atoms with Gasteiger partial charge in [0, 0.05) is 13.1 Å². The van der Waals surface area contributed by atoms with Crippen molar-refractivity contribution < 1.29 is 22.7 Å². The molecule has 214 valence electrons. The summed E-state index contributed by atoms with van der Waals surface area (Å²) in [7, 11) is -2.63. The Morgan fingerprint density at radius 3 is 2.20 bits per heavy atom. The molecule has 0 aromatic heterocycles. The minimum absolute atomic E-state index is 0.0249. The summed E-state index contributed by atoms with van der Waals surface area (Å²) < 4.78 is 34.0. The second-order valence-electron chi connectivity index (χ2n) is 10.1. The van der Waals surface area contributed by atoms with Crippen molar-refractivity contribution in [2.45, 2.75) is 51.6 Å². The number of aryl methyl sites for hydroxylation is 1. The second-order valence-corrected chi connectivity index (χ2v) is 12.0. The molecule has 0 aliphatic carbocycles. The van der Waals surface area contributed by atoms with Gasteiger partial charge in [0.15, 0.2) is 0 Å². The zero-order valence-corrected chi connectivity index (χ0v) is 24.6. The van der Waals surface area contributed by atoms with Crippen LogP contribution in [0.4, 0.5) is 5.69 Å². The summed E-state index contributed by atoms with van der Waals surface area (Å²) in [6.07, 6.45) is 0.373. The van der Waals surface area contributed by atoms with E-state index in [2.05, 4.69) is 5.32 Å². The Balaban J connectivity index is 2.02. The summed E-state index contributed by atoms with van der Waals surface area (Å²) in [5, 5.41) is 2.94. The minimum atomic E-state index is -4.13. The Morgan fingerprint density at radius 1 is 0.950 bits per heavy atom. The number of carbonyl (C=O) groups excluding carboxylic acids is 2.